The highest BCUT2D eigenvalue weighted by Crippen LogP contribution is 2.36. The number of alkyl halides is 2. The zero-order chi connectivity index (χ0) is 20.7. The van der Waals surface area contributed by atoms with Crippen LogP contribution in [-0.2, 0) is 14.3 Å². The lowest BCUT2D eigenvalue weighted by molar-refractivity contribution is -0.280. The molecule has 0 heterocycles. The molecule has 1 fully saturated rings. The molecule has 2 aliphatic rings. The maximum atomic E-state index is 13.1. The minimum absolute atomic E-state index is 0.0651. The zero-order valence-corrected chi connectivity index (χ0v) is 17.0. The Morgan fingerprint density at radius 2 is 1.90 bits per heavy atom. The summed E-state index contributed by atoms with van der Waals surface area (Å²) < 4.78 is 36.5. The summed E-state index contributed by atoms with van der Waals surface area (Å²) in [6.07, 6.45) is 12.1. The van der Waals surface area contributed by atoms with Gasteiger partial charge in [0, 0.05) is 6.42 Å². The van der Waals surface area contributed by atoms with Gasteiger partial charge < -0.3 is 4.74 Å². The summed E-state index contributed by atoms with van der Waals surface area (Å²) in [4.78, 5) is 12.7. The Morgan fingerprint density at radius 3 is 2.48 bits per heavy atom. The summed E-state index contributed by atoms with van der Waals surface area (Å²) in [6, 6.07) is 9.64. The van der Waals surface area contributed by atoms with E-state index < -0.39 is 18.4 Å². The molecule has 0 aromatic heterocycles. The van der Waals surface area contributed by atoms with Gasteiger partial charge in [-0.1, -0.05) is 68.7 Å². The van der Waals surface area contributed by atoms with Crippen LogP contribution in [0.3, 0.4) is 0 Å². The second-order valence-electron chi connectivity index (χ2n) is 8.03. The fourth-order valence-electron chi connectivity index (χ4n) is 4.22. The molecule has 0 saturated heterocycles. The summed E-state index contributed by atoms with van der Waals surface area (Å²) in [5.74, 6) is -1.74. The summed E-state index contributed by atoms with van der Waals surface area (Å²) in [7, 11) is 0. The van der Waals surface area contributed by atoms with E-state index in [1.165, 1.54) is 25.3 Å². The van der Waals surface area contributed by atoms with Gasteiger partial charge >= 0.3 is 12.6 Å². The molecule has 1 aromatic rings. The third-order valence-corrected chi connectivity index (χ3v) is 5.94. The maximum absolute atomic E-state index is 13.1. The average Bonchev–Trinajstić information content (AvgIpc) is 2.73. The molecular formula is C24H30F2O3. The zero-order valence-electron chi connectivity index (χ0n) is 17.0. The molecule has 0 amide bonds. The van der Waals surface area contributed by atoms with Gasteiger partial charge in [-0.2, -0.15) is 8.78 Å². The van der Waals surface area contributed by atoms with Gasteiger partial charge in [0.15, 0.2) is 0 Å². The Hall–Kier alpha value is -2.01. The van der Waals surface area contributed by atoms with Gasteiger partial charge in [-0.3, -0.25) is 9.53 Å². The van der Waals surface area contributed by atoms with Gasteiger partial charge in [0.25, 0.3) is 0 Å². The van der Waals surface area contributed by atoms with E-state index in [0.717, 1.165) is 36.8 Å². The van der Waals surface area contributed by atoms with Crippen LogP contribution in [0.25, 0.3) is 5.57 Å². The summed E-state index contributed by atoms with van der Waals surface area (Å²) in [6.45, 7) is -0.843. The quantitative estimate of drug-likeness (QED) is 0.366. The van der Waals surface area contributed by atoms with Gasteiger partial charge in [0.2, 0.25) is 5.79 Å². The van der Waals surface area contributed by atoms with Crippen LogP contribution in [0.5, 0.6) is 0 Å². The molecule has 3 nitrogen and oxygen atoms in total. The maximum Gasteiger partial charge on any atom is 0.348 e. The van der Waals surface area contributed by atoms with Crippen LogP contribution in [0.2, 0.25) is 0 Å². The van der Waals surface area contributed by atoms with E-state index in [1.807, 2.05) is 30.3 Å². The number of carbonyl (C=O) groups is 1. The molecule has 0 spiro atoms. The molecule has 158 valence electrons. The van der Waals surface area contributed by atoms with E-state index in [1.54, 1.807) is 12.2 Å². The molecule has 0 bridgehead atoms. The van der Waals surface area contributed by atoms with Crippen molar-refractivity contribution in [3.8, 4) is 0 Å². The Kier molecular flexibility index (Phi) is 7.59. The normalized spacial score (nSPS) is 27.0. The number of rotatable bonds is 8. The second kappa shape index (κ2) is 10.1. The fourth-order valence-corrected chi connectivity index (χ4v) is 4.22. The molecule has 29 heavy (non-hydrogen) atoms. The highest BCUT2D eigenvalue weighted by Gasteiger charge is 2.39. The van der Waals surface area contributed by atoms with E-state index in [4.69, 9.17) is 9.47 Å². The predicted molar refractivity (Wildman–Crippen MR) is 109 cm³/mol. The van der Waals surface area contributed by atoms with Gasteiger partial charge in [-0.25, -0.2) is 0 Å². The second-order valence-corrected chi connectivity index (χ2v) is 8.03. The topological polar surface area (TPSA) is 35.5 Å². The Balaban J connectivity index is 1.62. The van der Waals surface area contributed by atoms with Gasteiger partial charge in [-0.15, -0.1) is 0 Å². The lowest BCUT2D eigenvalue weighted by Crippen LogP contribution is -2.40. The van der Waals surface area contributed by atoms with Crippen LogP contribution >= 0.6 is 0 Å². The largest absolute Gasteiger partial charge is 0.428 e. The number of carbonyl (C=O) groups excluding carboxylic acids is 1. The monoisotopic (exact) mass is 404 g/mol. The molecular weight excluding hydrogens is 374 g/mol. The number of unbranched alkanes of at least 4 members (excludes halogenated alkanes) is 1. The summed E-state index contributed by atoms with van der Waals surface area (Å²) in [5.41, 5.74) is 1.87. The highest BCUT2D eigenvalue weighted by atomic mass is 19.3. The van der Waals surface area contributed by atoms with Crippen LogP contribution in [-0.4, -0.2) is 18.4 Å². The van der Waals surface area contributed by atoms with E-state index >= 15 is 0 Å². The molecule has 1 atom stereocenters. The Bertz CT molecular complexity index is 721. The number of benzene rings is 1. The first-order chi connectivity index (χ1) is 14.0. The molecule has 1 saturated carbocycles. The van der Waals surface area contributed by atoms with E-state index in [-0.39, 0.29) is 12.3 Å². The number of ether oxygens (including phenoxy) is 2. The molecule has 0 radical (unpaired) electrons. The van der Waals surface area contributed by atoms with Crippen LogP contribution in [0, 0.1) is 11.8 Å². The van der Waals surface area contributed by atoms with Crippen molar-refractivity contribution in [1.82, 2.24) is 0 Å². The van der Waals surface area contributed by atoms with Gasteiger partial charge in [0.05, 0.1) is 5.92 Å². The van der Waals surface area contributed by atoms with Crippen molar-refractivity contribution in [3.63, 3.8) is 0 Å². The summed E-state index contributed by atoms with van der Waals surface area (Å²) >= 11 is 0. The Morgan fingerprint density at radius 1 is 1.17 bits per heavy atom. The van der Waals surface area contributed by atoms with Crippen LogP contribution in [0.15, 0.2) is 48.6 Å². The van der Waals surface area contributed by atoms with Crippen molar-refractivity contribution in [1.29, 1.82) is 0 Å². The van der Waals surface area contributed by atoms with Crippen molar-refractivity contribution in [2.75, 3.05) is 0 Å². The molecule has 0 N–H and O–H groups in total. The van der Waals surface area contributed by atoms with E-state index in [9.17, 15) is 13.6 Å². The number of halogens is 2. The first-order valence-electron chi connectivity index (χ1n) is 10.6. The SMILES string of the molecule is CCCCC1CCC(C(=O)OC2(OC(F)F)C=CC(c3ccccc3)=CC2)CC1. The van der Waals surface area contributed by atoms with Gasteiger partial charge in [-0.05, 0) is 48.8 Å². The van der Waals surface area contributed by atoms with Crippen molar-refractivity contribution >= 4 is 11.5 Å². The third-order valence-electron chi connectivity index (χ3n) is 5.94. The average molecular weight is 404 g/mol. The highest BCUT2D eigenvalue weighted by molar-refractivity contribution is 5.76. The minimum atomic E-state index is -3.02. The fraction of sp³-hybridized carbons (Fsp3) is 0.542. The van der Waals surface area contributed by atoms with Crippen molar-refractivity contribution in [2.45, 2.75) is 70.7 Å². The molecule has 1 unspecified atom stereocenters. The molecule has 3 rings (SSSR count). The molecule has 2 aliphatic carbocycles. The number of esters is 1. The van der Waals surface area contributed by atoms with Crippen molar-refractivity contribution in [3.05, 3.63) is 54.1 Å². The molecule has 1 aromatic carbocycles. The van der Waals surface area contributed by atoms with Crippen LogP contribution in [0.1, 0.15) is 63.9 Å². The Labute approximate surface area is 171 Å². The standard InChI is InChI=1S/C24H30F2O3/c1-2-3-7-18-10-12-21(13-11-18)22(27)28-24(29-23(25)26)16-14-20(15-17-24)19-8-5-4-6-9-19/h4-6,8-9,14-16,18,21,23H,2-3,7,10-13,17H2,1H3. The van der Waals surface area contributed by atoms with E-state index in [0.29, 0.717) is 5.92 Å². The third kappa shape index (κ3) is 5.99. The number of hydrogen-bond acceptors (Lipinski definition) is 3. The minimum Gasteiger partial charge on any atom is -0.428 e. The van der Waals surface area contributed by atoms with Crippen molar-refractivity contribution < 1.29 is 23.0 Å². The smallest absolute Gasteiger partial charge is 0.348 e. The van der Waals surface area contributed by atoms with E-state index in [2.05, 4.69) is 6.92 Å². The van der Waals surface area contributed by atoms with Crippen LogP contribution < -0.4 is 0 Å². The first-order valence-corrected chi connectivity index (χ1v) is 10.6. The molecule has 0 aliphatic heterocycles. The predicted octanol–water partition coefficient (Wildman–Crippen LogP) is 6.51. The number of allylic oxidation sites excluding steroid dienone is 2. The van der Waals surface area contributed by atoms with Crippen molar-refractivity contribution in [2.24, 2.45) is 11.8 Å². The summed E-state index contributed by atoms with van der Waals surface area (Å²) in [5, 5.41) is 0. The lowest BCUT2D eigenvalue weighted by Gasteiger charge is -2.34. The lowest BCUT2D eigenvalue weighted by atomic mass is 9.80. The van der Waals surface area contributed by atoms with Crippen LogP contribution in [0.4, 0.5) is 8.78 Å². The molecule has 5 heteroatoms. The number of hydrogen-bond donors (Lipinski definition) is 0. The van der Waals surface area contributed by atoms with Gasteiger partial charge in [0.1, 0.15) is 0 Å². The first kappa shape index (κ1) is 21.7.